The van der Waals surface area contributed by atoms with Crippen molar-refractivity contribution in [3.63, 3.8) is 0 Å². The summed E-state index contributed by atoms with van der Waals surface area (Å²) in [4.78, 5) is 11.7. The van der Waals surface area contributed by atoms with Gasteiger partial charge in [-0.2, -0.15) is 12.6 Å². The fourth-order valence-electron chi connectivity index (χ4n) is 0.835. The Labute approximate surface area is 86.6 Å². The quantitative estimate of drug-likeness (QED) is 0.618. The van der Waals surface area contributed by atoms with Gasteiger partial charge in [-0.25, -0.2) is 4.79 Å². The number of thiol groups is 1. The zero-order valence-electron chi connectivity index (χ0n) is 7.19. The van der Waals surface area contributed by atoms with E-state index in [4.69, 9.17) is 0 Å². The SMILES string of the molecule is COC(=O)c1cc(C=CCS)cs1. The van der Waals surface area contributed by atoms with Crippen molar-refractivity contribution in [2.24, 2.45) is 0 Å². The van der Waals surface area contributed by atoms with Gasteiger partial charge in [-0.05, 0) is 17.0 Å². The van der Waals surface area contributed by atoms with Gasteiger partial charge in [0.15, 0.2) is 0 Å². The highest BCUT2D eigenvalue weighted by Crippen LogP contribution is 2.16. The molecule has 0 aliphatic rings. The van der Waals surface area contributed by atoms with Crippen LogP contribution in [0.5, 0.6) is 0 Å². The van der Waals surface area contributed by atoms with Crippen LogP contribution in [0.25, 0.3) is 6.08 Å². The molecular weight excluding hydrogens is 204 g/mol. The summed E-state index contributed by atoms with van der Waals surface area (Å²) in [6.07, 6.45) is 3.85. The molecule has 4 heteroatoms. The lowest BCUT2D eigenvalue weighted by atomic mass is 10.3. The van der Waals surface area contributed by atoms with Gasteiger partial charge in [-0.15, -0.1) is 11.3 Å². The molecule has 13 heavy (non-hydrogen) atoms. The van der Waals surface area contributed by atoms with Crippen molar-refractivity contribution in [2.45, 2.75) is 0 Å². The largest absolute Gasteiger partial charge is 0.465 e. The maximum Gasteiger partial charge on any atom is 0.348 e. The molecule has 2 nitrogen and oxygen atoms in total. The molecule has 0 atom stereocenters. The zero-order chi connectivity index (χ0) is 9.68. The van der Waals surface area contributed by atoms with Crippen LogP contribution in [-0.4, -0.2) is 18.8 Å². The van der Waals surface area contributed by atoms with E-state index in [2.05, 4.69) is 17.4 Å². The summed E-state index contributed by atoms with van der Waals surface area (Å²) >= 11 is 5.42. The van der Waals surface area contributed by atoms with E-state index in [0.29, 0.717) is 10.6 Å². The number of methoxy groups -OCH3 is 1. The second kappa shape index (κ2) is 5.09. The molecular formula is C9H10O2S2. The van der Waals surface area contributed by atoms with Gasteiger partial charge in [0.2, 0.25) is 0 Å². The van der Waals surface area contributed by atoms with Crippen LogP contribution in [0, 0.1) is 0 Å². The smallest absolute Gasteiger partial charge is 0.348 e. The monoisotopic (exact) mass is 214 g/mol. The van der Waals surface area contributed by atoms with E-state index in [1.807, 2.05) is 17.5 Å². The van der Waals surface area contributed by atoms with Crippen LogP contribution in [0.2, 0.25) is 0 Å². The van der Waals surface area contributed by atoms with Gasteiger partial charge < -0.3 is 4.74 Å². The fourth-order valence-corrected chi connectivity index (χ4v) is 1.73. The van der Waals surface area contributed by atoms with Crippen LogP contribution >= 0.6 is 24.0 Å². The summed E-state index contributed by atoms with van der Waals surface area (Å²) in [6.45, 7) is 0. The Balaban J connectivity index is 2.74. The number of carbonyl (C=O) groups excluding carboxylic acids is 1. The van der Waals surface area contributed by atoms with Gasteiger partial charge in [0, 0.05) is 5.75 Å². The van der Waals surface area contributed by atoms with Crippen LogP contribution in [0.1, 0.15) is 15.2 Å². The van der Waals surface area contributed by atoms with E-state index >= 15 is 0 Å². The molecule has 1 aromatic heterocycles. The number of rotatable bonds is 3. The Morgan fingerprint density at radius 1 is 1.77 bits per heavy atom. The molecule has 0 amide bonds. The van der Waals surface area contributed by atoms with E-state index in [-0.39, 0.29) is 5.97 Å². The Kier molecular flexibility index (Phi) is 4.05. The molecule has 0 unspecified atom stereocenters. The molecule has 1 aromatic rings. The number of hydrogen-bond acceptors (Lipinski definition) is 4. The van der Waals surface area contributed by atoms with E-state index in [1.165, 1.54) is 18.4 Å². The molecule has 70 valence electrons. The first kappa shape index (κ1) is 10.3. The number of ether oxygens (including phenoxy) is 1. The molecule has 1 rings (SSSR count). The Hall–Kier alpha value is -0.740. The minimum Gasteiger partial charge on any atom is -0.465 e. The van der Waals surface area contributed by atoms with Gasteiger partial charge in [0.25, 0.3) is 0 Å². The lowest BCUT2D eigenvalue weighted by Crippen LogP contribution is -1.96. The molecule has 0 radical (unpaired) electrons. The zero-order valence-corrected chi connectivity index (χ0v) is 8.90. The van der Waals surface area contributed by atoms with Crippen LogP contribution in [0.3, 0.4) is 0 Å². The van der Waals surface area contributed by atoms with Gasteiger partial charge in [0.05, 0.1) is 7.11 Å². The second-order valence-electron chi connectivity index (χ2n) is 2.32. The van der Waals surface area contributed by atoms with Gasteiger partial charge in [0.1, 0.15) is 4.88 Å². The highest BCUT2D eigenvalue weighted by Gasteiger charge is 2.06. The van der Waals surface area contributed by atoms with Crippen molar-refractivity contribution < 1.29 is 9.53 Å². The molecule has 0 saturated carbocycles. The Bertz CT molecular complexity index is 315. The van der Waals surface area contributed by atoms with Gasteiger partial charge in [-0.3, -0.25) is 0 Å². The Morgan fingerprint density at radius 2 is 2.54 bits per heavy atom. The van der Waals surface area contributed by atoms with Crippen LogP contribution < -0.4 is 0 Å². The van der Waals surface area contributed by atoms with Crippen molar-refractivity contribution in [3.8, 4) is 0 Å². The predicted octanol–water partition coefficient (Wildman–Crippen LogP) is 2.48. The molecule has 0 saturated heterocycles. The van der Waals surface area contributed by atoms with Crippen molar-refractivity contribution in [3.05, 3.63) is 28.0 Å². The minimum absolute atomic E-state index is 0.282. The standard InChI is InChI=1S/C9H10O2S2/c1-11-9(10)8-5-7(6-13-8)3-2-4-12/h2-3,5-6,12H,4H2,1H3. The summed E-state index contributed by atoms with van der Waals surface area (Å²) < 4.78 is 4.59. The lowest BCUT2D eigenvalue weighted by molar-refractivity contribution is 0.0606. The number of carbonyl (C=O) groups is 1. The number of esters is 1. The lowest BCUT2D eigenvalue weighted by Gasteiger charge is -1.90. The Morgan fingerprint density at radius 3 is 3.15 bits per heavy atom. The molecule has 0 aliphatic heterocycles. The topological polar surface area (TPSA) is 26.3 Å². The first-order chi connectivity index (χ1) is 6.27. The summed E-state index contributed by atoms with van der Waals surface area (Å²) in [7, 11) is 1.38. The number of thiophene rings is 1. The molecule has 0 aromatic carbocycles. The molecule has 0 bridgehead atoms. The van der Waals surface area contributed by atoms with Gasteiger partial charge in [-0.1, -0.05) is 12.2 Å². The van der Waals surface area contributed by atoms with Crippen molar-refractivity contribution in [1.82, 2.24) is 0 Å². The van der Waals surface area contributed by atoms with E-state index in [1.54, 1.807) is 6.07 Å². The van der Waals surface area contributed by atoms with E-state index in [9.17, 15) is 4.79 Å². The second-order valence-corrected chi connectivity index (χ2v) is 3.60. The molecule has 0 aliphatic carbocycles. The molecule has 1 heterocycles. The summed E-state index contributed by atoms with van der Waals surface area (Å²) in [6, 6.07) is 1.80. The average molecular weight is 214 g/mol. The predicted molar refractivity (Wildman–Crippen MR) is 58.5 cm³/mol. The van der Waals surface area contributed by atoms with Gasteiger partial charge >= 0.3 is 5.97 Å². The highest BCUT2D eigenvalue weighted by molar-refractivity contribution is 7.80. The third kappa shape index (κ3) is 2.90. The van der Waals surface area contributed by atoms with E-state index < -0.39 is 0 Å². The van der Waals surface area contributed by atoms with Crippen molar-refractivity contribution >= 4 is 36.0 Å². The van der Waals surface area contributed by atoms with E-state index in [0.717, 1.165) is 5.56 Å². The fraction of sp³-hybridized carbons (Fsp3) is 0.222. The molecule has 0 spiro atoms. The maximum absolute atomic E-state index is 11.0. The third-order valence-corrected chi connectivity index (χ3v) is 2.56. The average Bonchev–Trinajstić information content (AvgIpc) is 2.62. The normalized spacial score (nSPS) is 10.6. The van der Waals surface area contributed by atoms with Crippen molar-refractivity contribution in [2.75, 3.05) is 12.9 Å². The third-order valence-electron chi connectivity index (χ3n) is 1.42. The first-order valence-electron chi connectivity index (χ1n) is 3.72. The summed E-state index contributed by atoms with van der Waals surface area (Å²) in [5, 5.41) is 1.91. The minimum atomic E-state index is -0.282. The molecule has 0 fully saturated rings. The van der Waals surface area contributed by atoms with Crippen molar-refractivity contribution in [1.29, 1.82) is 0 Å². The maximum atomic E-state index is 11.0. The highest BCUT2D eigenvalue weighted by atomic mass is 32.1. The van der Waals surface area contributed by atoms with Crippen LogP contribution in [-0.2, 0) is 4.74 Å². The first-order valence-corrected chi connectivity index (χ1v) is 5.23. The number of hydrogen-bond donors (Lipinski definition) is 1. The summed E-state index contributed by atoms with van der Waals surface area (Å²) in [5.74, 6) is 0.416. The van der Waals surface area contributed by atoms with Crippen LogP contribution in [0.15, 0.2) is 17.5 Å². The molecule has 0 N–H and O–H groups in total. The summed E-state index contributed by atoms with van der Waals surface area (Å²) in [5.41, 5.74) is 1.01. The van der Waals surface area contributed by atoms with Crippen LogP contribution in [0.4, 0.5) is 0 Å².